The van der Waals surface area contributed by atoms with Crippen molar-refractivity contribution in [2.45, 2.75) is 20.4 Å². The van der Waals surface area contributed by atoms with Crippen molar-refractivity contribution in [2.75, 3.05) is 5.73 Å². The van der Waals surface area contributed by atoms with Crippen LogP contribution in [0.25, 0.3) is 0 Å². The number of hydrogen-bond donors (Lipinski definition) is 1. The van der Waals surface area contributed by atoms with Gasteiger partial charge in [0, 0.05) is 13.2 Å². The van der Waals surface area contributed by atoms with Crippen LogP contribution in [0.1, 0.15) is 16.7 Å². The summed E-state index contributed by atoms with van der Waals surface area (Å²) < 4.78 is 2.49. The minimum Gasteiger partial charge on any atom is -0.393 e. The first kappa shape index (κ1) is 13.1. The highest BCUT2D eigenvalue weighted by atomic mass is 16.2. The average molecular weight is 259 g/mol. The Labute approximate surface area is 110 Å². The van der Waals surface area contributed by atoms with Gasteiger partial charge < -0.3 is 10.3 Å². The highest BCUT2D eigenvalue weighted by Crippen LogP contribution is 2.11. The van der Waals surface area contributed by atoms with Gasteiger partial charge in [-0.05, 0) is 25.0 Å². The molecule has 0 amide bonds. The maximum absolute atomic E-state index is 12.0. The fourth-order valence-electron chi connectivity index (χ4n) is 2.03. The zero-order chi connectivity index (χ0) is 14.2. The van der Waals surface area contributed by atoms with Gasteiger partial charge in [0.2, 0.25) is 0 Å². The van der Waals surface area contributed by atoms with Crippen LogP contribution < -0.4 is 17.0 Å². The van der Waals surface area contributed by atoms with Gasteiger partial charge >= 0.3 is 5.69 Å². The molecule has 1 heterocycles. The molecule has 0 bridgehead atoms. The predicted octanol–water partition coefficient (Wildman–Crippen LogP) is 0.794. The molecule has 1 aromatic heterocycles. The molecule has 2 aromatic rings. The van der Waals surface area contributed by atoms with Gasteiger partial charge in [0.15, 0.2) is 0 Å². The normalized spacial score (nSPS) is 10.7. The van der Waals surface area contributed by atoms with Crippen LogP contribution in [0.5, 0.6) is 0 Å². The van der Waals surface area contributed by atoms with Crippen LogP contribution in [-0.2, 0) is 13.6 Å². The highest BCUT2D eigenvalue weighted by Gasteiger charge is 2.09. The third-order valence-electron chi connectivity index (χ3n) is 3.19. The summed E-state index contributed by atoms with van der Waals surface area (Å²) in [6.07, 6.45) is 1.35. The molecule has 0 fully saturated rings. The van der Waals surface area contributed by atoms with E-state index in [9.17, 15) is 9.59 Å². The van der Waals surface area contributed by atoms with E-state index in [1.54, 1.807) is 7.05 Å². The summed E-state index contributed by atoms with van der Waals surface area (Å²) >= 11 is 0. The lowest BCUT2D eigenvalue weighted by atomic mass is 10.1. The lowest BCUT2D eigenvalue weighted by molar-refractivity contribution is 0.641. The van der Waals surface area contributed by atoms with E-state index < -0.39 is 5.56 Å². The smallest absolute Gasteiger partial charge is 0.331 e. The van der Waals surface area contributed by atoms with E-state index >= 15 is 0 Å². The summed E-state index contributed by atoms with van der Waals surface area (Å²) in [5, 5.41) is 0. The molecule has 5 heteroatoms. The van der Waals surface area contributed by atoms with Gasteiger partial charge in [0.1, 0.15) is 5.69 Å². The first-order valence-electron chi connectivity index (χ1n) is 6.02. The van der Waals surface area contributed by atoms with Crippen LogP contribution in [0.3, 0.4) is 0 Å². The Morgan fingerprint density at radius 2 is 1.89 bits per heavy atom. The van der Waals surface area contributed by atoms with Crippen molar-refractivity contribution in [3.05, 3.63) is 61.9 Å². The van der Waals surface area contributed by atoms with E-state index in [0.29, 0.717) is 0 Å². The molecule has 0 saturated heterocycles. The molecule has 0 unspecified atom stereocenters. The highest BCUT2D eigenvalue weighted by molar-refractivity contribution is 5.33. The van der Waals surface area contributed by atoms with Gasteiger partial charge in [0.05, 0.1) is 6.54 Å². The summed E-state index contributed by atoms with van der Waals surface area (Å²) in [6, 6.07) is 5.95. The van der Waals surface area contributed by atoms with Crippen LogP contribution in [0.2, 0.25) is 0 Å². The molecular weight excluding hydrogens is 242 g/mol. The monoisotopic (exact) mass is 259 g/mol. The van der Waals surface area contributed by atoms with Crippen LogP contribution in [0, 0.1) is 13.8 Å². The third kappa shape index (κ3) is 2.45. The number of benzene rings is 1. The van der Waals surface area contributed by atoms with Crippen LogP contribution in [-0.4, -0.2) is 9.13 Å². The third-order valence-corrected chi connectivity index (χ3v) is 3.19. The van der Waals surface area contributed by atoms with Gasteiger partial charge in [-0.15, -0.1) is 0 Å². The van der Waals surface area contributed by atoms with E-state index in [2.05, 4.69) is 0 Å². The van der Waals surface area contributed by atoms with Gasteiger partial charge in [-0.3, -0.25) is 9.36 Å². The second kappa shape index (κ2) is 4.76. The number of nitrogen functional groups attached to an aromatic ring is 1. The van der Waals surface area contributed by atoms with Gasteiger partial charge in [-0.1, -0.05) is 23.8 Å². The Morgan fingerprint density at radius 3 is 2.58 bits per heavy atom. The molecule has 2 N–H and O–H groups in total. The van der Waals surface area contributed by atoms with Crippen molar-refractivity contribution in [2.24, 2.45) is 7.05 Å². The number of hydrogen-bond acceptors (Lipinski definition) is 3. The Hall–Kier alpha value is -2.30. The van der Waals surface area contributed by atoms with Crippen molar-refractivity contribution >= 4 is 5.69 Å². The maximum Gasteiger partial charge on any atom is 0.331 e. The molecule has 0 spiro atoms. The van der Waals surface area contributed by atoms with Gasteiger partial charge in [-0.2, -0.15) is 0 Å². The molecule has 0 radical (unpaired) electrons. The number of nitrogens with two attached hydrogens (primary N) is 1. The lowest BCUT2D eigenvalue weighted by Gasteiger charge is -2.11. The van der Waals surface area contributed by atoms with Crippen LogP contribution >= 0.6 is 0 Å². The molecule has 2 rings (SSSR count). The van der Waals surface area contributed by atoms with Crippen molar-refractivity contribution in [1.29, 1.82) is 0 Å². The quantitative estimate of drug-likeness (QED) is 0.867. The molecule has 19 heavy (non-hydrogen) atoms. The number of aryl methyl sites for hydroxylation is 3. The Kier molecular flexibility index (Phi) is 3.29. The van der Waals surface area contributed by atoms with E-state index in [0.717, 1.165) is 21.3 Å². The second-order valence-electron chi connectivity index (χ2n) is 4.80. The van der Waals surface area contributed by atoms with E-state index in [1.807, 2.05) is 32.0 Å². The molecule has 0 aliphatic heterocycles. The first-order chi connectivity index (χ1) is 8.90. The van der Waals surface area contributed by atoms with E-state index in [-0.39, 0.29) is 17.9 Å². The lowest BCUT2D eigenvalue weighted by Crippen LogP contribution is -2.40. The van der Waals surface area contributed by atoms with Gasteiger partial charge in [0.25, 0.3) is 5.56 Å². The molecule has 5 nitrogen and oxygen atoms in total. The summed E-state index contributed by atoms with van der Waals surface area (Å²) in [5.74, 6) is 0. The number of aromatic nitrogens is 2. The van der Waals surface area contributed by atoms with Crippen LogP contribution in [0.4, 0.5) is 5.69 Å². The van der Waals surface area contributed by atoms with Crippen molar-refractivity contribution in [3.63, 3.8) is 0 Å². The number of nitrogens with zero attached hydrogens (tertiary/aromatic N) is 2. The molecule has 0 saturated carbocycles. The topological polar surface area (TPSA) is 70.0 Å². The molecule has 0 atom stereocenters. The number of rotatable bonds is 2. The Morgan fingerprint density at radius 1 is 1.21 bits per heavy atom. The number of anilines is 1. The molecule has 0 aliphatic carbocycles. The zero-order valence-electron chi connectivity index (χ0n) is 11.3. The van der Waals surface area contributed by atoms with E-state index in [4.69, 9.17) is 5.73 Å². The molecule has 1 aromatic carbocycles. The van der Waals surface area contributed by atoms with Crippen LogP contribution in [0.15, 0.2) is 34.0 Å². The SMILES string of the molecule is Cc1ccc(C)c(Cn2c(=O)c(N)cn(C)c2=O)c1. The summed E-state index contributed by atoms with van der Waals surface area (Å²) in [5.41, 5.74) is 7.98. The summed E-state index contributed by atoms with van der Waals surface area (Å²) in [7, 11) is 1.58. The minimum atomic E-state index is -0.441. The Balaban J connectivity index is 2.59. The van der Waals surface area contributed by atoms with Crippen molar-refractivity contribution in [3.8, 4) is 0 Å². The minimum absolute atomic E-state index is 0.0763. The standard InChI is InChI=1S/C14H17N3O2/c1-9-4-5-10(2)11(6-9)7-17-13(18)12(15)8-16(3)14(17)19/h4-6,8H,7,15H2,1-3H3. The fourth-order valence-corrected chi connectivity index (χ4v) is 2.03. The fraction of sp³-hybridized carbons (Fsp3) is 0.286. The maximum atomic E-state index is 12.0. The van der Waals surface area contributed by atoms with Crippen molar-refractivity contribution < 1.29 is 0 Å². The zero-order valence-corrected chi connectivity index (χ0v) is 11.3. The molecular formula is C14H17N3O2. The predicted molar refractivity (Wildman–Crippen MR) is 75.4 cm³/mol. The molecule has 0 aliphatic rings. The Bertz CT molecular complexity index is 707. The largest absolute Gasteiger partial charge is 0.393 e. The average Bonchev–Trinajstić information content (AvgIpc) is 2.36. The van der Waals surface area contributed by atoms with Gasteiger partial charge in [-0.25, -0.2) is 4.79 Å². The first-order valence-corrected chi connectivity index (χ1v) is 6.02. The van der Waals surface area contributed by atoms with E-state index in [1.165, 1.54) is 10.8 Å². The second-order valence-corrected chi connectivity index (χ2v) is 4.80. The summed E-state index contributed by atoms with van der Waals surface area (Å²) in [6.45, 7) is 4.17. The van der Waals surface area contributed by atoms with Crippen molar-refractivity contribution in [1.82, 2.24) is 9.13 Å². The molecule has 100 valence electrons. The summed E-state index contributed by atoms with van der Waals surface area (Å²) in [4.78, 5) is 24.0.